The molecule has 1 aromatic heterocycles. The molecule has 0 spiro atoms. The van der Waals surface area contributed by atoms with E-state index in [4.69, 9.17) is 9.47 Å². The van der Waals surface area contributed by atoms with Crippen LogP contribution in [-0.2, 0) is 19.1 Å². The summed E-state index contributed by atoms with van der Waals surface area (Å²) in [6.45, 7) is 9.30. The third kappa shape index (κ3) is 3.72. The molecule has 0 aliphatic carbocycles. The highest BCUT2D eigenvalue weighted by molar-refractivity contribution is 7.16. The predicted molar refractivity (Wildman–Crippen MR) is 86.7 cm³/mol. The zero-order valence-electron chi connectivity index (χ0n) is 13.9. The number of thiophene rings is 1. The molecule has 23 heavy (non-hydrogen) atoms. The van der Waals surface area contributed by atoms with Crippen LogP contribution in [0.15, 0.2) is 0 Å². The number of carbonyl (C=O) groups excluding carboxylic acids is 3. The van der Waals surface area contributed by atoms with E-state index in [2.05, 4.69) is 5.32 Å². The highest BCUT2D eigenvalue weighted by Gasteiger charge is 2.33. The van der Waals surface area contributed by atoms with Gasteiger partial charge in [-0.3, -0.25) is 4.79 Å². The molecule has 0 saturated carbocycles. The maximum absolute atomic E-state index is 12.5. The van der Waals surface area contributed by atoms with Crippen molar-refractivity contribution in [3.63, 3.8) is 0 Å². The van der Waals surface area contributed by atoms with Gasteiger partial charge in [0.2, 0.25) is 12.0 Å². The van der Waals surface area contributed by atoms with Gasteiger partial charge in [0.25, 0.3) is 0 Å². The number of hydrogen-bond donors (Lipinski definition) is 1. The first-order valence-corrected chi connectivity index (χ1v) is 8.22. The molecule has 1 N–H and O–H groups in total. The molecule has 7 heteroatoms. The Kier molecular flexibility index (Phi) is 4.79. The molecule has 1 saturated heterocycles. The van der Waals surface area contributed by atoms with Gasteiger partial charge >= 0.3 is 11.9 Å². The Morgan fingerprint density at radius 3 is 2.48 bits per heavy atom. The molecule has 0 unspecified atom stereocenters. The third-order valence-electron chi connectivity index (χ3n) is 3.63. The minimum absolute atomic E-state index is 0.187. The molecule has 0 radical (unpaired) electrons. The van der Waals surface area contributed by atoms with Crippen molar-refractivity contribution in [2.24, 2.45) is 5.41 Å². The Bertz CT molecular complexity index is 656. The van der Waals surface area contributed by atoms with E-state index in [0.29, 0.717) is 17.0 Å². The summed E-state index contributed by atoms with van der Waals surface area (Å²) in [5.74, 6) is -1.32. The minimum atomic E-state index is -0.867. The highest BCUT2D eigenvalue weighted by atomic mass is 32.1. The minimum Gasteiger partial charge on any atom is -0.463 e. The van der Waals surface area contributed by atoms with Crippen molar-refractivity contribution in [1.82, 2.24) is 0 Å². The number of amides is 1. The fourth-order valence-corrected chi connectivity index (χ4v) is 3.07. The Morgan fingerprint density at radius 1 is 1.30 bits per heavy atom. The second-order valence-electron chi connectivity index (χ2n) is 6.54. The number of esters is 2. The summed E-state index contributed by atoms with van der Waals surface area (Å²) in [7, 11) is 0. The Hall–Kier alpha value is -1.89. The zero-order valence-corrected chi connectivity index (χ0v) is 14.8. The lowest BCUT2D eigenvalue weighted by Gasteiger charge is -2.17. The van der Waals surface area contributed by atoms with Crippen molar-refractivity contribution in [3.8, 4) is 0 Å². The summed E-state index contributed by atoms with van der Waals surface area (Å²) >= 11 is 1.32. The summed E-state index contributed by atoms with van der Waals surface area (Å²) in [6.07, 6.45) is -0.510. The van der Waals surface area contributed by atoms with Gasteiger partial charge in [-0.25, -0.2) is 9.59 Å². The van der Waals surface area contributed by atoms with Gasteiger partial charge in [0.15, 0.2) is 0 Å². The van der Waals surface area contributed by atoms with Gasteiger partial charge in [-0.2, -0.15) is 0 Å². The molecule has 0 bridgehead atoms. The molecule has 1 aliphatic heterocycles. The fourth-order valence-electron chi connectivity index (χ4n) is 2.02. The number of nitrogens with one attached hydrogen (secondary N) is 1. The van der Waals surface area contributed by atoms with E-state index in [1.165, 1.54) is 11.3 Å². The van der Waals surface area contributed by atoms with Crippen LogP contribution in [0.5, 0.6) is 0 Å². The van der Waals surface area contributed by atoms with E-state index in [1.807, 2.05) is 6.92 Å². The smallest absolute Gasteiger partial charge is 0.347 e. The molecule has 1 atom stereocenters. The lowest BCUT2D eigenvalue weighted by Crippen LogP contribution is -2.28. The first-order valence-electron chi connectivity index (χ1n) is 7.40. The van der Waals surface area contributed by atoms with Gasteiger partial charge in [-0.05, 0) is 19.4 Å². The second-order valence-corrected chi connectivity index (χ2v) is 7.77. The molecule has 126 valence electrons. The number of ether oxygens (including phenoxy) is 2. The van der Waals surface area contributed by atoms with E-state index in [0.717, 1.165) is 10.4 Å². The Morgan fingerprint density at radius 2 is 1.96 bits per heavy atom. The molecule has 1 amide bonds. The van der Waals surface area contributed by atoms with Crippen LogP contribution in [0, 0.1) is 19.3 Å². The maximum Gasteiger partial charge on any atom is 0.347 e. The average Bonchev–Trinajstić information content (AvgIpc) is 2.94. The van der Waals surface area contributed by atoms with Crippen LogP contribution in [0.3, 0.4) is 0 Å². The molecule has 2 heterocycles. The number of rotatable bonds is 3. The lowest BCUT2D eigenvalue weighted by atomic mass is 9.96. The predicted octanol–water partition coefficient (Wildman–Crippen LogP) is 2.82. The second kappa shape index (κ2) is 6.31. The summed E-state index contributed by atoms with van der Waals surface area (Å²) < 4.78 is 10.0. The van der Waals surface area contributed by atoms with E-state index < -0.39 is 23.5 Å². The van der Waals surface area contributed by atoms with Crippen LogP contribution in [0.4, 0.5) is 5.00 Å². The first-order chi connectivity index (χ1) is 10.6. The average molecular weight is 339 g/mol. The SMILES string of the molecule is Cc1sc(NC(=O)C(C)(C)C)c(C(=O)O[C@@H]2CCOC2=O)c1C. The Labute approximate surface area is 139 Å². The maximum atomic E-state index is 12.5. The van der Waals surface area contributed by atoms with Gasteiger partial charge in [-0.1, -0.05) is 20.8 Å². The number of aryl methyl sites for hydroxylation is 1. The van der Waals surface area contributed by atoms with Gasteiger partial charge in [0.1, 0.15) is 5.00 Å². The number of cyclic esters (lactones) is 1. The highest BCUT2D eigenvalue weighted by Crippen LogP contribution is 2.34. The normalized spacial score (nSPS) is 17.8. The standard InChI is InChI=1S/C16H21NO5S/c1-8-9(2)23-12(17-15(20)16(3,4)5)11(8)14(19)22-10-6-7-21-13(10)18/h10H,6-7H2,1-5H3,(H,17,20)/t10-/m1/s1. The van der Waals surface area contributed by atoms with Crippen molar-refractivity contribution in [2.75, 3.05) is 11.9 Å². The van der Waals surface area contributed by atoms with Crippen LogP contribution < -0.4 is 5.32 Å². The van der Waals surface area contributed by atoms with E-state index >= 15 is 0 Å². The number of hydrogen-bond acceptors (Lipinski definition) is 6. The van der Waals surface area contributed by atoms with E-state index in [1.54, 1.807) is 27.7 Å². The molecule has 1 fully saturated rings. The summed E-state index contributed by atoms with van der Waals surface area (Å²) in [6, 6.07) is 0. The summed E-state index contributed by atoms with van der Waals surface area (Å²) in [5, 5.41) is 3.25. The molecular formula is C16H21NO5S. The van der Waals surface area contributed by atoms with Gasteiger partial charge in [-0.15, -0.1) is 11.3 Å². The quantitative estimate of drug-likeness (QED) is 0.856. The summed E-state index contributed by atoms with van der Waals surface area (Å²) in [5.41, 5.74) is 0.475. The van der Waals surface area contributed by atoms with Gasteiger partial charge < -0.3 is 14.8 Å². The van der Waals surface area contributed by atoms with Crippen molar-refractivity contribution >= 4 is 34.2 Å². The van der Waals surface area contributed by atoms with Crippen LogP contribution in [0.2, 0.25) is 0 Å². The van der Waals surface area contributed by atoms with Crippen molar-refractivity contribution in [3.05, 3.63) is 16.0 Å². The molecule has 1 aromatic rings. The summed E-state index contributed by atoms with van der Waals surface area (Å²) in [4.78, 5) is 37.0. The third-order valence-corrected chi connectivity index (χ3v) is 4.76. The van der Waals surface area contributed by atoms with Crippen molar-refractivity contribution in [1.29, 1.82) is 0 Å². The number of anilines is 1. The largest absolute Gasteiger partial charge is 0.463 e. The molecule has 2 rings (SSSR count). The van der Waals surface area contributed by atoms with E-state index in [-0.39, 0.29) is 12.5 Å². The molecular weight excluding hydrogens is 318 g/mol. The van der Waals surface area contributed by atoms with E-state index in [9.17, 15) is 14.4 Å². The fraction of sp³-hybridized carbons (Fsp3) is 0.562. The van der Waals surface area contributed by atoms with Gasteiger partial charge in [0.05, 0.1) is 12.2 Å². The topological polar surface area (TPSA) is 81.7 Å². The van der Waals surface area contributed by atoms with Gasteiger partial charge in [0, 0.05) is 16.7 Å². The van der Waals surface area contributed by atoms with Crippen molar-refractivity contribution < 1.29 is 23.9 Å². The van der Waals surface area contributed by atoms with Crippen molar-refractivity contribution in [2.45, 2.75) is 47.1 Å². The molecule has 1 aliphatic rings. The monoisotopic (exact) mass is 339 g/mol. The molecule has 6 nitrogen and oxygen atoms in total. The molecule has 0 aromatic carbocycles. The van der Waals surface area contributed by atoms with Crippen LogP contribution in [0.1, 0.15) is 48.0 Å². The Balaban J connectivity index is 2.25. The van der Waals surface area contributed by atoms with Crippen LogP contribution in [-0.4, -0.2) is 30.6 Å². The van der Waals surface area contributed by atoms with Crippen LogP contribution >= 0.6 is 11.3 Å². The van der Waals surface area contributed by atoms with Crippen LogP contribution in [0.25, 0.3) is 0 Å². The number of carbonyl (C=O) groups is 3. The first kappa shape index (κ1) is 17.5. The lowest BCUT2D eigenvalue weighted by molar-refractivity contribution is -0.145. The zero-order chi connectivity index (χ0) is 17.4.